The molecular weight excluding hydrogens is 424 g/mol. The van der Waals surface area contributed by atoms with Gasteiger partial charge in [-0.05, 0) is 55.0 Å². The van der Waals surface area contributed by atoms with E-state index in [-0.39, 0.29) is 34.2 Å². The van der Waals surface area contributed by atoms with Gasteiger partial charge in [-0.25, -0.2) is 13.1 Å². The number of fused-ring (bicyclic) bond motifs is 1. The molecule has 2 N–H and O–H groups in total. The van der Waals surface area contributed by atoms with Gasteiger partial charge in [-0.1, -0.05) is 49.2 Å². The first-order chi connectivity index (χ1) is 14.4. The van der Waals surface area contributed by atoms with E-state index in [0.29, 0.717) is 6.54 Å². The van der Waals surface area contributed by atoms with Crippen LogP contribution in [0.4, 0.5) is 0 Å². The SMILES string of the molecule is CCCCNS(=O)(=O)c1ccc(OCC(=O)N[C@@H]2CCCc3ccccc32)c(Cl)c1. The summed E-state index contributed by atoms with van der Waals surface area (Å²) in [5.41, 5.74) is 2.42. The zero-order valence-corrected chi connectivity index (χ0v) is 18.6. The highest BCUT2D eigenvalue weighted by Gasteiger charge is 2.22. The summed E-state index contributed by atoms with van der Waals surface area (Å²) in [6, 6.07) is 12.3. The first kappa shape index (κ1) is 22.6. The van der Waals surface area contributed by atoms with Gasteiger partial charge in [0.1, 0.15) is 5.75 Å². The molecular formula is C22H27ClN2O4S. The second-order valence-corrected chi connectivity index (χ2v) is 9.52. The average molecular weight is 451 g/mol. The highest BCUT2D eigenvalue weighted by molar-refractivity contribution is 7.89. The van der Waals surface area contributed by atoms with Crippen molar-refractivity contribution in [2.45, 2.75) is 50.0 Å². The molecule has 2 aromatic carbocycles. The van der Waals surface area contributed by atoms with Gasteiger partial charge in [0.05, 0.1) is 16.0 Å². The van der Waals surface area contributed by atoms with E-state index < -0.39 is 10.0 Å². The molecule has 0 heterocycles. The van der Waals surface area contributed by atoms with Crippen LogP contribution in [0.25, 0.3) is 0 Å². The lowest BCUT2D eigenvalue weighted by Crippen LogP contribution is -2.34. The summed E-state index contributed by atoms with van der Waals surface area (Å²) in [5.74, 6) is 0.0223. The van der Waals surface area contributed by atoms with E-state index in [1.54, 1.807) is 0 Å². The molecule has 0 aromatic heterocycles. The number of hydrogen-bond acceptors (Lipinski definition) is 4. The molecule has 1 aliphatic rings. The molecule has 1 amide bonds. The Balaban J connectivity index is 1.58. The number of unbranched alkanes of at least 4 members (excludes halogenated alkanes) is 1. The smallest absolute Gasteiger partial charge is 0.258 e. The molecule has 0 saturated carbocycles. The lowest BCUT2D eigenvalue weighted by molar-refractivity contribution is -0.123. The van der Waals surface area contributed by atoms with Crippen LogP contribution in [0.2, 0.25) is 5.02 Å². The maximum Gasteiger partial charge on any atom is 0.258 e. The Morgan fingerprint density at radius 1 is 1.23 bits per heavy atom. The van der Waals surface area contributed by atoms with Gasteiger partial charge in [0.2, 0.25) is 10.0 Å². The standard InChI is InChI=1S/C22H27ClN2O4S/c1-2-3-13-24-30(27,28)17-11-12-21(19(23)14-17)29-15-22(26)25-20-10-6-8-16-7-4-5-9-18(16)20/h4-5,7,9,11-12,14,20,24H,2-3,6,8,10,13,15H2,1H3,(H,25,26)/t20-/m1/s1. The van der Waals surface area contributed by atoms with Crippen molar-refractivity contribution in [3.63, 3.8) is 0 Å². The van der Waals surface area contributed by atoms with Crippen LogP contribution in [-0.2, 0) is 21.2 Å². The Hall–Kier alpha value is -2.09. The number of carbonyl (C=O) groups is 1. The average Bonchev–Trinajstić information content (AvgIpc) is 2.73. The molecule has 0 fully saturated rings. The summed E-state index contributed by atoms with van der Waals surface area (Å²) in [6.07, 6.45) is 4.59. The van der Waals surface area contributed by atoms with Gasteiger partial charge >= 0.3 is 0 Å². The fourth-order valence-corrected chi connectivity index (χ4v) is 4.92. The van der Waals surface area contributed by atoms with E-state index in [4.69, 9.17) is 16.3 Å². The predicted molar refractivity (Wildman–Crippen MR) is 117 cm³/mol. The molecule has 8 heteroatoms. The minimum absolute atomic E-state index is 0.0248. The van der Waals surface area contributed by atoms with Crippen LogP contribution >= 0.6 is 11.6 Å². The van der Waals surface area contributed by atoms with Crippen molar-refractivity contribution in [3.05, 3.63) is 58.6 Å². The van der Waals surface area contributed by atoms with Gasteiger partial charge in [-0.3, -0.25) is 4.79 Å². The highest BCUT2D eigenvalue weighted by Crippen LogP contribution is 2.30. The van der Waals surface area contributed by atoms with Gasteiger partial charge in [-0.15, -0.1) is 0 Å². The van der Waals surface area contributed by atoms with Crippen molar-refractivity contribution in [3.8, 4) is 5.75 Å². The normalized spacial score (nSPS) is 16.0. The quantitative estimate of drug-likeness (QED) is 0.565. The van der Waals surface area contributed by atoms with Crippen LogP contribution in [0.15, 0.2) is 47.4 Å². The zero-order chi connectivity index (χ0) is 21.6. The molecule has 3 rings (SSSR count). The molecule has 0 radical (unpaired) electrons. The summed E-state index contributed by atoms with van der Waals surface area (Å²) in [7, 11) is -3.62. The fraction of sp³-hybridized carbons (Fsp3) is 0.409. The third-order valence-electron chi connectivity index (χ3n) is 5.10. The number of sulfonamides is 1. The lowest BCUT2D eigenvalue weighted by atomic mass is 9.88. The molecule has 0 saturated heterocycles. The van der Waals surface area contributed by atoms with Crippen molar-refractivity contribution in [1.29, 1.82) is 0 Å². The minimum Gasteiger partial charge on any atom is -0.482 e. The second kappa shape index (κ2) is 10.3. The highest BCUT2D eigenvalue weighted by atomic mass is 35.5. The first-order valence-electron chi connectivity index (χ1n) is 10.2. The molecule has 30 heavy (non-hydrogen) atoms. The molecule has 0 aliphatic heterocycles. The Morgan fingerprint density at radius 3 is 2.80 bits per heavy atom. The largest absolute Gasteiger partial charge is 0.482 e. The lowest BCUT2D eigenvalue weighted by Gasteiger charge is -2.26. The number of rotatable bonds is 9. The Bertz CT molecular complexity index is 994. The molecule has 0 spiro atoms. The number of halogens is 1. The summed E-state index contributed by atoms with van der Waals surface area (Å²) in [5, 5.41) is 3.16. The van der Waals surface area contributed by atoms with E-state index in [9.17, 15) is 13.2 Å². The number of amides is 1. The number of nitrogens with one attached hydrogen (secondary N) is 2. The van der Waals surface area contributed by atoms with Crippen LogP contribution in [-0.4, -0.2) is 27.5 Å². The summed E-state index contributed by atoms with van der Waals surface area (Å²) < 4.78 is 32.6. The van der Waals surface area contributed by atoms with E-state index in [2.05, 4.69) is 16.1 Å². The van der Waals surface area contributed by atoms with Crippen molar-refractivity contribution >= 4 is 27.5 Å². The van der Waals surface area contributed by atoms with Crippen molar-refractivity contribution in [2.24, 2.45) is 0 Å². The maximum atomic E-state index is 12.4. The summed E-state index contributed by atoms with van der Waals surface area (Å²) in [4.78, 5) is 12.5. The second-order valence-electron chi connectivity index (χ2n) is 7.34. The molecule has 1 aliphatic carbocycles. The zero-order valence-electron chi connectivity index (χ0n) is 17.0. The number of ether oxygens (including phenoxy) is 1. The maximum absolute atomic E-state index is 12.4. The molecule has 6 nitrogen and oxygen atoms in total. The van der Waals surface area contributed by atoms with Gasteiger partial charge < -0.3 is 10.1 Å². The Kier molecular flexibility index (Phi) is 7.75. The predicted octanol–water partition coefficient (Wildman–Crippen LogP) is 3.99. The van der Waals surface area contributed by atoms with Gasteiger partial charge in [-0.2, -0.15) is 0 Å². The Morgan fingerprint density at radius 2 is 2.03 bits per heavy atom. The van der Waals surface area contributed by atoms with Crippen LogP contribution in [0.5, 0.6) is 5.75 Å². The van der Waals surface area contributed by atoms with E-state index in [1.165, 1.54) is 23.8 Å². The topological polar surface area (TPSA) is 84.5 Å². The van der Waals surface area contributed by atoms with Crippen molar-refractivity contribution in [2.75, 3.05) is 13.2 Å². The fourth-order valence-electron chi connectivity index (χ4n) is 3.52. The van der Waals surface area contributed by atoms with E-state index in [0.717, 1.165) is 37.7 Å². The summed E-state index contributed by atoms with van der Waals surface area (Å²) in [6.45, 7) is 2.17. The minimum atomic E-state index is -3.62. The van der Waals surface area contributed by atoms with Crippen molar-refractivity contribution < 1.29 is 17.9 Å². The van der Waals surface area contributed by atoms with Crippen LogP contribution in [0.1, 0.15) is 49.8 Å². The van der Waals surface area contributed by atoms with Gasteiger partial charge in [0.25, 0.3) is 5.91 Å². The van der Waals surface area contributed by atoms with Gasteiger partial charge in [0.15, 0.2) is 6.61 Å². The van der Waals surface area contributed by atoms with Gasteiger partial charge in [0, 0.05) is 6.54 Å². The number of aryl methyl sites for hydroxylation is 1. The molecule has 0 unspecified atom stereocenters. The number of hydrogen-bond donors (Lipinski definition) is 2. The number of benzene rings is 2. The molecule has 1 atom stereocenters. The monoisotopic (exact) mass is 450 g/mol. The van der Waals surface area contributed by atoms with Crippen molar-refractivity contribution in [1.82, 2.24) is 10.0 Å². The van der Waals surface area contributed by atoms with E-state index in [1.807, 2.05) is 25.1 Å². The summed E-state index contributed by atoms with van der Waals surface area (Å²) >= 11 is 6.19. The first-order valence-corrected chi connectivity index (χ1v) is 12.1. The third-order valence-corrected chi connectivity index (χ3v) is 6.85. The molecule has 162 valence electrons. The van der Waals surface area contributed by atoms with Crippen LogP contribution in [0, 0.1) is 0 Å². The van der Waals surface area contributed by atoms with E-state index >= 15 is 0 Å². The molecule has 2 aromatic rings. The third kappa shape index (κ3) is 5.74. The molecule has 0 bridgehead atoms. The Labute approximate surface area is 183 Å². The van der Waals surface area contributed by atoms with Crippen LogP contribution < -0.4 is 14.8 Å². The number of carbonyl (C=O) groups excluding carboxylic acids is 1. The van der Waals surface area contributed by atoms with Crippen LogP contribution in [0.3, 0.4) is 0 Å².